The van der Waals surface area contributed by atoms with Gasteiger partial charge >= 0.3 is 0 Å². The zero-order chi connectivity index (χ0) is 14.3. The second-order valence-corrected chi connectivity index (χ2v) is 6.73. The third kappa shape index (κ3) is 2.46. The molecule has 1 fully saturated rings. The number of nitrogens with zero attached hydrogens (tertiary/aromatic N) is 1. The van der Waals surface area contributed by atoms with E-state index in [2.05, 4.69) is 49.2 Å². The lowest BCUT2D eigenvalue weighted by Gasteiger charge is -2.44. The maximum absolute atomic E-state index is 12.1. The molecule has 0 unspecified atom stereocenters. The Morgan fingerprint density at radius 1 is 1.21 bits per heavy atom. The second kappa shape index (κ2) is 4.55. The van der Waals surface area contributed by atoms with Crippen LogP contribution in [0.2, 0.25) is 0 Å². The fraction of sp³-hybridized carbons (Fsp3) is 0.562. The van der Waals surface area contributed by atoms with Gasteiger partial charge in [0, 0.05) is 18.8 Å². The lowest BCUT2D eigenvalue weighted by Crippen LogP contribution is -2.62. The average molecular weight is 260 g/mol. The second-order valence-electron chi connectivity index (χ2n) is 6.73. The number of piperazine rings is 1. The lowest BCUT2D eigenvalue weighted by atomic mass is 9.84. The van der Waals surface area contributed by atoms with Crippen LogP contribution in [0, 0.1) is 0 Å². The Kier molecular flexibility index (Phi) is 3.33. The highest BCUT2D eigenvalue weighted by Crippen LogP contribution is 2.35. The normalized spacial score (nSPS) is 19.2. The fourth-order valence-electron chi connectivity index (χ4n) is 2.66. The molecule has 2 rings (SSSR count). The minimum absolute atomic E-state index is 0.0700. The largest absolute Gasteiger partial charge is 0.355 e. The molecule has 0 aliphatic carbocycles. The van der Waals surface area contributed by atoms with E-state index < -0.39 is 5.54 Å². The summed E-state index contributed by atoms with van der Waals surface area (Å²) in [5, 5.41) is 2.95. The zero-order valence-corrected chi connectivity index (χ0v) is 12.6. The standard InChI is InChI=1S/C16H24N2O/c1-15(2,3)12-8-6-7-9-13(12)18-11-10-17-14(19)16(18,4)5/h6-9H,10-11H2,1-5H3,(H,17,19). The molecule has 0 bridgehead atoms. The van der Waals surface area contributed by atoms with Crippen molar-refractivity contribution in [1.29, 1.82) is 0 Å². The van der Waals surface area contributed by atoms with E-state index in [9.17, 15) is 4.79 Å². The predicted molar refractivity (Wildman–Crippen MR) is 79.6 cm³/mol. The van der Waals surface area contributed by atoms with Crippen molar-refractivity contribution in [2.75, 3.05) is 18.0 Å². The lowest BCUT2D eigenvalue weighted by molar-refractivity contribution is -0.126. The first-order chi connectivity index (χ1) is 8.74. The van der Waals surface area contributed by atoms with Gasteiger partial charge in [0.15, 0.2) is 0 Å². The molecule has 1 aromatic rings. The Hall–Kier alpha value is -1.51. The van der Waals surface area contributed by atoms with Crippen LogP contribution >= 0.6 is 0 Å². The molecule has 1 aromatic carbocycles. The summed E-state index contributed by atoms with van der Waals surface area (Å²) in [6.45, 7) is 12.2. The molecule has 1 amide bonds. The van der Waals surface area contributed by atoms with Gasteiger partial charge in [0.1, 0.15) is 5.54 Å². The monoisotopic (exact) mass is 260 g/mol. The van der Waals surface area contributed by atoms with Crippen LogP contribution in [0.4, 0.5) is 5.69 Å². The molecule has 1 aliphatic heterocycles. The first kappa shape index (κ1) is 13.9. The summed E-state index contributed by atoms with van der Waals surface area (Å²) in [6, 6.07) is 8.41. The van der Waals surface area contributed by atoms with Gasteiger partial charge in [-0.25, -0.2) is 0 Å². The molecule has 0 spiro atoms. The summed E-state index contributed by atoms with van der Waals surface area (Å²) >= 11 is 0. The maximum atomic E-state index is 12.1. The van der Waals surface area contributed by atoms with E-state index in [1.165, 1.54) is 11.3 Å². The third-order valence-electron chi connectivity index (χ3n) is 3.85. The molecule has 3 nitrogen and oxygen atoms in total. The predicted octanol–water partition coefficient (Wildman–Crippen LogP) is 2.70. The summed E-state index contributed by atoms with van der Waals surface area (Å²) in [6.07, 6.45) is 0. The highest BCUT2D eigenvalue weighted by molar-refractivity contribution is 5.90. The zero-order valence-electron chi connectivity index (χ0n) is 12.6. The van der Waals surface area contributed by atoms with Crippen molar-refractivity contribution in [1.82, 2.24) is 5.32 Å². The van der Waals surface area contributed by atoms with Crippen molar-refractivity contribution in [2.24, 2.45) is 0 Å². The number of carbonyl (C=O) groups is 1. The molecule has 19 heavy (non-hydrogen) atoms. The number of hydrogen-bond donors (Lipinski definition) is 1. The van der Waals surface area contributed by atoms with Crippen LogP contribution in [0.3, 0.4) is 0 Å². The van der Waals surface area contributed by atoms with Crippen LogP contribution in [0.1, 0.15) is 40.2 Å². The molecule has 1 heterocycles. The summed E-state index contributed by atoms with van der Waals surface area (Å²) in [7, 11) is 0. The molecule has 3 heteroatoms. The van der Waals surface area contributed by atoms with E-state index in [-0.39, 0.29) is 11.3 Å². The van der Waals surface area contributed by atoms with E-state index in [1.54, 1.807) is 0 Å². The fourth-order valence-corrected chi connectivity index (χ4v) is 2.66. The molecule has 104 valence electrons. The Bertz CT molecular complexity index is 486. The molecular formula is C16H24N2O. The summed E-state index contributed by atoms with van der Waals surface area (Å²) in [5.41, 5.74) is 2.04. The van der Waals surface area contributed by atoms with Crippen molar-refractivity contribution in [3.8, 4) is 0 Å². The number of rotatable bonds is 1. The van der Waals surface area contributed by atoms with Crippen LogP contribution in [-0.2, 0) is 10.2 Å². The van der Waals surface area contributed by atoms with Gasteiger partial charge in [0.25, 0.3) is 0 Å². The highest BCUT2D eigenvalue weighted by Gasteiger charge is 2.39. The first-order valence-electron chi connectivity index (χ1n) is 6.90. The number of nitrogens with one attached hydrogen (secondary N) is 1. The first-order valence-corrected chi connectivity index (χ1v) is 6.90. The SMILES string of the molecule is CC(C)(C)c1ccccc1N1CCNC(=O)C1(C)C. The molecule has 0 atom stereocenters. The van der Waals surface area contributed by atoms with E-state index in [4.69, 9.17) is 0 Å². The maximum Gasteiger partial charge on any atom is 0.245 e. The smallest absolute Gasteiger partial charge is 0.245 e. The van der Waals surface area contributed by atoms with Crippen LogP contribution < -0.4 is 10.2 Å². The van der Waals surface area contributed by atoms with Crippen molar-refractivity contribution in [3.05, 3.63) is 29.8 Å². The van der Waals surface area contributed by atoms with E-state index in [1.807, 2.05) is 19.9 Å². The van der Waals surface area contributed by atoms with Gasteiger partial charge in [-0.15, -0.1) is 0 Å². The van der Waals surface area contributed by atoms with E-state index >= 15 is 0 Å². The molecule has 0 radical (unpaired) electrons. The Morgan fingerprint density at radius 3 is 2.47 bits per heavy atom. The van der Waals surface area contributed by atoms with Crippen molar-refractivity contribution in [2.45, 2.75) is 45.6 Å². The summed E-state index contributed by atoms with van der Waals surface area (Å²) in [4.78, 5) is 14.3. The van der Waals surface area contributed by atoms with Crippen LogP contribution in [0.15, 0.2) is 24.3 Å². The number of amides is 1. The van der Waals surface area contributed by atoms with Crippen LogP contribution in [-0.4, -0.2) is 24.5 Å². The Labute approximate surface area is 116 Å². The minimum atomic E-state index is -0.500. The van der Waals surface area contributed by atoms with Gasteiger partial charge in [-0.2, -0.15) is 0 Å². The molecule has 1 N–H and O–H groups in total. The Morgan fingerprint density at radius 2 is 1.84 bits per heavy atom. The van der Waals surface area contributed by atoms with Gasteiger partial charge in [0.05, 0.1) is 0 Å². The number of benzene rings is 1. The van der Waals surface area contributed by atoms with Gasteiger partial charge in [-0.05, 0) is 30.9 Å². The Balaban J connectivity index is 2.50. The minimum Gasteiger partial charge on any atom is -0.355 e. The van der Waals surface area contributed by atoms with E-state index in [0.717, 1.165) is 6.54 Å². The van der Waals surface area contributed by atoms with Crippen molar-refractivity contribution >= 4 is 11.6 Å². The molecule has 1 saturated heterocycles. The summed E-state index contributed by atoms with van der Waals surface area (Å²) in [5.74, 6) is 0.0995. The molecule has 0 aromatic heterocycles. The van der Waals surface area contributed by atoms with Crippen LogP contribution in [0.5, 0.6) is 0 Å². The van der Waals surface area contributed by atoms with Crippen molar-refractivity contribution in [3.63, 3.8) is 0 Å². The number of para-hydroxylation sites is 1. The average Bonchev–Trinajstić information content (AvgIpc) is 2.31. The number of hydrogen-bond acceptors (Lipinski definition) is 2. The van der Waals surface area contributed by atoms with Gasteiger partial charge in [0.2, 0.25) is 5.91 Å². The van der Waals surface area contributed by atoms with Gasteiger partial charge < -0.3 is 10.2 Å². The number of anilines is 1. The quantitative estimate of drug-likeness (QED) is 0.842. The van der Waals surface area contributed by atoms with E-state index in [0.29, 0.717) is 6.54 Å². The van der Waals surface area contributed by atoms with Gasteiger partial charge in [-0.1, -0.05) is 39.0 Å². The number of carbonyl (C=O) groups excluding carboxylic acids is 1. The topological polar surface area (TPSA) is 32.3 Å². The molecule has 1 aliphatic rings. The molecule has 0 saturated carbocycles. The highest BCUT2D eigenvalue weighted by atomic mass is 16.2. The van der Waals surface area contributed by atoms with Crippen molar-refractivity contribution < 1.29 is 4.79 Å². The van der Waals surface area contributed by atoms with Gasteiger partial charge in [-0.3, -0.25) is 4.79 Å². The summed E-state index contributed by atoms with van der Waals surface area (Å²) < 4.78 is 0. The van der Waals surface area contributed by atoms with Crippen LogP contribution in [0.25, 0.3) is 0 Å². The molecular weight excluding hydrogens is 236 g/mol. The third-order valence-corrected chi connectivity index (χ3v) is 3.85.